The average Bonchev–Trinajstić information content (AvgIpc) is 3.35. The summed E-state index contributed by atoms with van der Waals surface area (Å²) in [6.45, 7) is 13.3. The third-order valence-corrected chi connectivity index (χ3v) is 8.34. The van der Waals surface area contributed by atoms with E-state index in [1.807, 2.05) is 26.0 Å². The van der Waals surface area contributed by atoms with E-state index < -0.39 is 0 Å². The maximum absolute atomic E-state index is 13.5. The third kappa shape index (κ3) is 5.49. The van der Waals surface area contributed by atoms with Crippen LogP contribution in [0.15, 0.2) is 18.2 Å². The first-order valence-corrected chi connectivity index (χ1v) is 13.0. The molecule has 2 heterocycles. The molecule has 1 aliphatic heterocycles. The Hall–Kier alpha value is -2.18. The fraction of sp³-hybridized carbons (Fsp3) is 0.556. The van der Waals surface area contributed by atoms with Crippen LogP contribution in [0.3, 0.4) is 0 Å². The number of thiophene rings is 1. The number of nitrogens with one attached hydrogen (secondary N) is 2. The van der Waals surface area contributed by atoms with E-state index in [2.05, 4.69) is 42.4 Å². The van der Waals surface area contributed by atoms with Crippen molar-refractivity contribution in [1.29, 1.82) is 0 Å². The number of carbonyl (C=O) groups is 2. The van der Waals surface area contributed by atoms with Crippen LogP contribution in [0.4, 0.5) is 10.7 Å². The molecule has 0 saturated carbocycles. The molecule has 0 bridgehead atoms. The van der Waals surface area contributed by atoms with Crippen LogP contribution in [-0.4, -0.2) is 36.3 Å². The maximum Gasteiger partial charge on any atom is 0.258 e. The summed E-state index contributed by atoms with van der Waals surface area (Å²) in [7, 11) is 0. The van der Waals surface area contributed by atoms with E-state index in [0.29, 0.717) is 23.0 Å². The second-order valence-corrected chi connectivity index (χ2v) is 11.9. The van der Waals surface area contributed by atoms with E-state index in [1.54, 1.807) is 11.3 Å². The summed E-state index contributed by atoms with van der Waals surface area (Å²) < 4.78 is 0. The number of fused-ring (bicyclic) bond motifs is 1. The van der Waals surface area contributed by atoms with Crippen molar-refractivity contribution in [2.45, 2.75) is 66.7 Å². The van der Waals surface area contributed by atoms with Crippen LogP contribution >= 0.6 is 11.3 Å². The van der Waals surface area contributed by atoms with Gasteiger partial charge in [-0.15, -0.1) is 11.3 Å². The zero-order valence-electron chi connectivity index (χ0n) is 20.6. The fourth-order valence-electron chi connectivity index (χ4n) is 5.10. The summed E-state index contributed by atoms with van der Waals surface area (Å²) in [6, 6.07) is 6.05. The lowest BCUT2D eigenvalue weighted by Crippen LogP contribution is -2.31. The minimum absolute atomic E-state index is 0.0246. The number of hydrogen-bond acceptors (Lipinski definition) is 4. The monoisotopic (exact) mass is 467 g/mol. The number of carbonyl (C=O) groups excluding carboxylic acids is 2. The molecule has 33 heavy (non-hydrogen) atoms. The van der Waals surface area contributed by atoms with Crippen LogP contribution in [-0.2, 0) is 17.6 Å². The average molecular weight is 468 g/mol. The molecule has 178 valence electrons. The summed E-state index contributed by atoms with van der Waals surface area (Å²) >= 11 is 1.60. The summed E-state index contributed by atoms with van der Waals surface area (Å²) in [5.74, 6) is 0.431. The highest BCUT2D eigenvalue weighted by Gasteiger charge is 2.34. The Balaban J connectivity index is 1.62. The molecule has 0 radical (unpaired) electrons. The van der Waals surface area contributed by atoms with Gasteiger partial charge in [0, 0.05) is 10.6 Å². The lowest BCUT2D eigenvalue weighted by atomic mass is 9.72. The summed E-state index contributed by atoms with van der Waals surface area (Å²) in [5, 5.41) is 6.95. The van der Waals surface area contributed by atoms with E-state index in [1.165, 1.54) is 10.4 Å². The molecular weight excluding hydrogens is 430 g/mol. The standard InChI is InChI=1S/C27H37N3O2S/c1-17-8-11-21(18(2)14-17)28-25(32)24-20-10-9-19(27(3,4)5)15-22(20)33-26(24)29-23(31)16-30-12-6-7-13-30/h8,11,14,19H,6-7,9-10,12-13,15-16H2,1-5H3,(H,28,32)(H,29,31)/t19-/m0/s1. The van der Waals surface area contributed by atoms with Gasteiger partial charge in [0.2, 0.25) is 5.91 Å². The lowest BCUT2D eigenvalue weighted by Gasteiger charge is -2.33. The van der Waals surface area contributed by atoms with Gasteiger partial charge in [-0.3, -0.25) is 14.5 Å². The van der Waals surface area contributed by atoms with Crippen LogP contribution in [0.25, 0.3) is 0 Å². The largest absolute Gasteiger partial charge is 0.322 e. The minimum Gasteiger partial charge on any atom is -0.322 e. The highest BCUT2D eigenvalue weighted by molar-refractivity contribution is 7.17. The van der Waals surface area contributed by atoms with Crippen LogP contribution in [0, 0.1) is 25.2 Å². The Morgan fingerprint density at radius 3 is 2.52 bits per heavy atom. The molecule has 1 aromatic heterocycles. The Morgan fingerprint density at radius 2 is 1.85 bits per heavy atom. The van der Waals surface area contributed by atoms with Gasteiger partial charge in [0.25, 0.3) is 5.91 Å². The van der Waals surface area contributed by atoms with Crippen molar-refractivity contribution in [3.63, 3.8) is 0 Å². The van der Waals surface area contributed by atoms with Crippen LogP contribution in [0.5, 0.6) is 0 Å². The van der Waals surface area contributed by atoms with E-state index >= 15 is 0 Å². The highest BCUT2D eigenvalue weighted by Crippen LogP contribution is 2.44. The van der Waals surface area contributed by atoms with Crippen LogP contribution in [0.2, 0.25) is 0 Å². The number of aryl methyl sites for hydroxylation is 2. The fourth-order valence-corrected chi connectivity index (χ4v) is 6.44. The number of hydrogen-bond donors (Lipinski definition) is 2. The second-order valence-electron chi connectivity index (χ2n) is 10.8. The van der Waals surface area contributed by atoms with Gasteiger partial charge < -0.3 is 10.6 Å². The van der Waals surface area contributed by atoms with Crippen molar-refractivity contribution < 1.29 is 9.59 Å². The maximum atomic E-state index is 13.5. The quantitative estimate of drug-likeness (QED) is 0.584. The van der Waals surface area contributed by atoms with Gasteiger partial charge in [-0.2, -0.15) is 0 Å². The Kier molecular flexibility index (Phi) is 6.96. The third-order valence-electron chi connectivity index (χ3n) is 7.17. The minimum atomic E-state index is -0.120. The predicted molar refractivity (Wildman–Crippen MR) is 137 cm³/mol. The normalized spacial score (nSPS) is 18.8. The Bertz CT molecular complexity index is 1040. The molecule has 1 aromatic carbocycles. The lowest BCUT2D eigenvalue weighted by molar-refractivity contribution is -0.117. The molecule has 0 unspecified atom stereocenters. The van der Waals surface area contributed by atoms with Gasteiger partial charge in [0.1, 0.15) is 5.00 Å². The van der Waals surface area contributed by atoms with Crippen molar-refractivity contribution in [1.82, 2.24) is 4.90 Å². The summed E-state index contributed by atoms with van der Waals surface area (Å²) in [5.41, 5.74) is 5.04. The van der Waals surface area contributed by atoms with Gasteiger partial charge in [-0.05, 0) is 87.6 Å². The molecule has 2 aromatic rings. The number of likely N-dealkylation sites (tertiary alicyclic amines) is 1. The SMILES string of the molecule is Cc1ccc(NC(=O)c2c(NC(=O)CN3CCCC3)sc3c2CC[C@H](C(C)(C)C)C3)c(C)c1. The zero-order valence-corrected chi connectivity index (χ0v) is 21.5. The van der Waals surface area contributed by atoms with Gasteiger partial charge in [-0.1, -0.05) is 38.5 Å². The molecule has 1 saturated heterocycles. The van der Waals surface area contributed by atoms with Crippen LogP contribution in [0.1, 0.15) is 72.0 Å². The van der Waals surface area contributed by atoms with E-state index in [4.69, 9.17) is 0 Å². The molecule has 5 nitrogen and oxygen atoms in total. The first-order chi connectivity index (χ1) is 15.6. The van der Waals surface area contributed by atoms with Crippen molar-refractivity contribution in [3.05, 3.63) is 45.3 Å². The van der Waals surface area contributed by atoms with E-state index in [9.17, 15) is 9.59 Å². The van der Waals surface area contributed by atoms with Crippen molar-refractivity contribution in [2.75, 3.05) is 30.3 Å². The van der Waals surface area contributed by atoms with Gasteiger partial charge in [0.15, 0.2) is 0 Å². The number of anilines is 2. The van der Waals surface area contributed by atoms with Crippen LogP contribution < -0.4 is 10.6 Å². The van der Waals surface area contributed by atoms with Gasteiger partial charge in [-0.25, -0.2) is 0 Å². The topological polar surface area (TPSA) is 61.4 Å². The molecule has 0 spiro atoms. The Morgan fingerprint density at radius 1 is 1.12 bits per heavy atom. The molecule has 4 rings (SSSR count). The number of nitrogens with zero attached hydrogens (tertiary/aromatic N) is 1. The summed E-state index contributed by atoms with van der Waals surface area (Å²) in [6.07, 6.45) is 5.22. The number of benzene rings is 1. The molecule has 2 N–H and O–H groups in total. The first-order valence-electron chi connectivity index (χ1n) is 12.2. The van der Waals surface area contributed by atoms with Crippen molar-refractivity contribution in [3.8, 4) is 0 Å². The molecular formula is C27H37N3O2S. The molecule has 1 fully saturated rings. The van der Waals surface area contributed by atoms with Crippen molar-refractivity contribution >= 4 is 33.8 Å². The molecule has 2 amide bonds. The van der Waals surface area contributed by atoms with E-state index in [0.717, 1.165) is 62.0 Å². The smallest absolute Gasteiger partial charge is 0.258 e. The van der Waals surface area contributed by atoms with Gasteiger partial charge >= 0.3 is 0 Å². The van der Waals surface area contributed by atoms with E-state index in [-0.39, 0.29) is 17.2 Å². The van der Waals surface area contributed by atoms with Gasteiger partial charge in [0.05, 0.1) is 12.1 Å². The zero-order chi connectivity index (χ0) is 23.8. The summed E-state index contributed by atoms with van der Waals surface area (Å²) in [4.78, 5) is 29.8. The Labute approximate surface area is 202 Å². The predicted octanol–water partition coefficient (Wildman–Crippen LogP) is 5.80. The van der Waals surface area contributed by atoms with Crippen molar-refractivity contribution in [2.24, 2.45) is 11.3 Å². The molecule has 1 atom stereocenters. The molecule has 2 aliphatic rings. The second kappa shape index (κ2) is 9.59. The molecule has 6 heteroatoms. The number of rotatable bonds is 5. The molecule has 1 aliphatic carbocycles. The first kappa shape index (κ1) is 24.0. The number of amides is 2. The highest BCUT2D eigenvalue weighted by atomic mass is 32.1.